The second-order valence-corrected chi connectivity index (χ2v) is 7.91. The van der Waals surface area contributed by atoms with Gasteiger partial charge in [-0.25, -0.2) is 0 Å². The predicted molar refractivity (Wildman–Crippen MR) is 105 cm³/mol. The molecule has 26 heavy (non-hydrogen) atoms. The molecule has 0 aromatic heterocycles. The Bertz CT molecular complexity index is 800. The summed E-state index contributed by atoms with van der Waals surface area (Å²) in [5.74, 6) is 0.424. The van der Waals surface area contributed by atoms with Gasteiger partial charge in [0.25, 0.3) is 5.91 Å². The van der Waals surface area contributed by atoms with Gasteiger partial charge in [-0.1, -0.05) is 34.1 Å². The van der Waals surface area contributed by atoms with Gasteiger partial charge < -0.3 is 15.4 Å². The largest absolute Gasteiger partial charge is 0.456 e. The summed E-state index contributed by atoms with van der Waals surface area (Å²) in [6.45, 7) is 7.32. The van der Waals surface area contributed by atoms with Crippen molar-refractivity contribution in [2.45, 2.75) is 39.3 Å². The molecule has 2 aromatic rings. The van der Waals surface area contributed by atoms with Gasteiger partial charge in [0, 0.05) is 10.0 Å². The summed E-state index contributed by atoms with van der Waals surface area (Å²) in [6.07, 6.45) is 0. The molecule has 1 atom stereocenters. The molecular formula is C20H23BrN2O3. The third kappa shape index (κ3) is 5.88. The van der Waals surface area contributed by atoms with Gasteiger partial charge in [-0.15, -0.1) is 0 Å². The van der Waals surface area contributed by atoms with Crippen molar-refractivity contribution in [1.82, 2.24) is 10.6 Å². The van der Waals surface area contributed by atoms with E-state index in [0.717, 1.165) is 4.47 Å². The van der Waals surface area contributed by atoms with Crippen LogP contribution in [0.15, 0.2) is 53.0 Å². The van der Waals surface area contributed by atoms with E-state index >= 15 is 0 Å². The second-order valence-electron chi connectivity index (χ2n) is 6.99. The van der Waals surface area contributed by atoms with Crippen molar-refractivity contribution in [2.24, 2.45) is 0 Å². The van der Waals surface area contributed by atoms with E-state index in [4.69, 9.17) is 4.74 Å². The maximum atomic E-state index is 12.6. The lowest BCUT2D eigenvalue weighted by Crippen LogP contribution is -2.50. The maximum Gasteiger partial charge on any atom is 0.255 e. The molecule has 138 valence electrons. The van der Waals surface area contributed by atoms with Gasteiger partial charge in [-0.2, -0.15) is 0 Å². The Morgan fingerprint density at radius 3 is 2.42 bits per heavy atom. The first kappa shape index (κ1) is 20.0. The fourth-order valence-electron chi connectivity index (χ4n) is 2.22. The molecule has 2 amide bonds. The van der Waals surface area contributed by atoms with Crippen molar-refractivity contribution in [3.05, 3.63) is 58.6 Å². The average molecular weight is 419 g/mol. The van der Waals surface area contributed by atoms with Gasteiger partial charge in [-0.3, -0.25) is 9.59 Å². The van der Waals surface area contributed by atoms with Crippen LogP contribution in [0.2, 0.25) is 0 Å². The van der Waals surface area contributed by atoms with E-state index in [1.165, 1.54) is 0 Å². The molecule has 0 bridgehead atoms. The summed E-state index contributed by atoms with van der Waals surface area (Å²) < 4.78 is 6.72. The first-order valence-electron chi connectivity index (χ1n) is 8.31. The van der Waals surface area contributed by atoms with Crippen molar-refractivity contribution in [3.8, 4) is 11.5 Å². The Morgan fingerprint density at radius 2 is 1.77 bits per heavy atom. The van der Waals surface area contributed by atoms with Crippen LogP contribution in [0.1, 0.15) is 38.1 Å². The minimum absolute atomic E-state index is 0.240. The number of hydrogen-bond donors (Lipinski definition) is 2. The van der Waals surface area contributed by atoms with Crippen molar-refractivity contribution in [2.75, 3.05) is 0 Å². The molecule has 0 saturated heterocycles. The summed E-state index contributed by atoms with van der Waals surface area (Å²) >= 11 is 3.39. The van der Waals surface area contributed by atoms with Crippen molar-refractivity contribution < 1.29 is 14.3 Å². The Labute approximate surface area is 162 Å². The van der Waals surface area contributed by atoms with Crippen LogP contribution in [-0.4, -0.2) is 23.4 Å². The molecule has 2 N–H and O–H groups in total. The number of amides is 2. The molecular weight excluding hydrogens is 396 g/mol. The zero-order valence-electron chi connectivity index (χ0n) is 15.3. The van der Waals surface area contributed by atoms with Gasteiger partial charge in [0.2, 0.25) is 5.91 Å². The van der Waals surface area contributed by atoms with Crippen LogP contribution in [0.4, 0.5) is 0 Å². The van der Waals surface area contributed by atoms with Gasteiger partial charge in [0.05, 0.1) is 5.56 Å². The molecule has 0 fully saturated rings. The summed E-state index contributed by atoms with van der Waals surface area (Å²) in [6, 6.07) is 13.6. The lowest BCUT2D eigenvalue weighted by atomic mass is 10.1. The van der Waals surface area contributed by atoms with Crippen molar-refractivity contribution >= 4 is 27.7 Å². The minimum atomic E-state index is -0.666. The third-order valence-electron chi connectivity index (χ3n) is 3.39. The summed E-state index contributed by atoms with van der Waals surface area (Å²) in [5, 5.41) is 5.56. The number of nitrogens with one attached hydrogen (secondary N) is 2. The Balaban J connectivity index is 2.13. The quantitative estimate of drug-likeness (QED) is 0.761. The van der Waals surface area contributed by atoms with Crippen molar-refractivity contribution in [1.29, 1.82) is 0 Å². The number of benzene rings is 2. The smallest absolute Gasteiger partial charge is 0.255 e. The Kier molecular flexibility index (Phi) is 6.42. The topological polar surface area (TPSA) is 67.4 Å². The lowest BCUT2D eigenvalue weighted by Gasteiger charge is -2.23. The average Bonchev–Trinajstić information content (AvgIpc) is 2.53. The Morgan fingerprint density at radius 1 is 1.08 bits per heavy atom. The molecule has 0 heterocycles. The summed E-state index contributed by atoms with van der Waals surface area (Å²) in [7, 11) is 0. The van der Waals surface area contributed by atoms with Gasteiger partial charge in [0.1, 0.15) is 17.5 Å². The maximum absolute atomic E-state index is 12.6. The van der Waals surface area contributed by atoms with E-state index in [2.05, 4.69) is 26.6 Å². The molecule has 0 radical (unpaired) electrons. The third-order valence-corrected chi connectivity index (χ3v) is 3.89. The molecule has 2 rings (SSSR count). The predicted octanol–water partition coefficient (Wildman–Crippen LogP) is 4.27. The van der Waals surface area contributed by atoms with Gasteiger partial charge >= 0.3 is 0 Å². The first-order chi connectivity index (χ1) is 12.2. The van der Waals surface area contributed by atoms with E-state index in [1.807, 2.05) is 39.0 Å². The molecule has 2 aromatic carbocycles. The number of ether oxygens (including phenoxy) is 1. The van der Waals surface area contributed by atoms with E-state index in [0.29, 0.717) is 17.1 Å². The van der Waals surface area contributed by atoms with E-state index in [1.54, 1.807) is 37.3 Å². The molecule has 1 unspecified atom stereocenters. The van der Waals surface area contributed by atoms with Crippen LogP contribution >= 0.6 is 15.9 Å². The molecule has 6 heteroatoms. The highest BCUT2D eigenvalue weighted by Crippen LogP contribution is 2.27. The monoisotopic (exact) mass is 418 g/mol. The molecule has 0 spiro atoms. The number of carbonyl (C=O) groups excluding carboxylic acids is 2. The van der Waals surface area contributed by atoms with E-state index in [9.17, 15) is 9.59 Å². The summed E-state index contributed by atoms with van der Waals surface area (Å²) in [5.41, 5.74) is 0.000473. The first-order valence-corrected chi connectivity index (χ1v) is 9.10. The molecule has 5 nitrogen and oxygen atoms in total. The normalized spacial score (nSPS) is 12.2. The van der Waals surface area contributed by atoms with Crippen LogP contribution in [0, 0.1) is 0 Å². The number of carbonyl (C=O) groups is 2. The molecule has 0 saturated carbocycles. The fourth-order valence-corrected chi connectivity index (χ4v) is 2.60. The highest BCUT2D eigenvalue weighted by Gasteiger charge is 2.22. The molecule has 0 aliphatic heterocycles. The SMILES string of the molecule is CC(NC(=O)c1ccccc1Oc1cccc(Br)c1)C(=O)NC(C)(C)C. The highest BCUT2D eigenvalue weighted by molar-refractivity contribution is 9.10. The summed E-state index contributed by atoms with van der Waals surface area (Å²) in [4.78, 5) is 24.8. The van der Waals surface area contributed by atoms with Crippen molar-refractivity contribution in [3.63, 3.8) is 0 Å². The number of rotatable bonds is 5. The molecule has 0 aliphatic carbocycles. The van der Waals surface area contributed by atoms with Crippen LogP contribution in [0.25, 0.3) is 0 Å². The zero-order chi connectivity index (χ0) is 19.3. The lowest BCUT2D eigenvalue weighted by molar-refractivity contribution is -0.124. The minimum Gasteiger partial charge on any atom is -0.456 e. The Hall–Kier alpha value is -2.34. The fraction of sp³-hybridized carbons (Fsp3) is 0.300. The van der Waals surface area contributed by atoms with E-state index in [-0.39, 0.29) is 17.4 Å². The van der Waals surface area contributed by atoms with Gasteiger partial charge in [-0.05, 0) is 58.0 Å². The number of halogens is 1. The number of hydrogen-bond acceptors (Lipinski definition) is 3. The molecule has 0 aliphatic rings. The highest BCUT2D eigenvalue weighted by atomic mass is 79.9. The van der Waals surface area contributed by atoms with E-state index < -0.39 is 6.04 Å². The zero-order valence-corrected chi connectivity index (χ0v) is 16.9. The standard InChI is InChI=1S/C20H23BrN2O3/c1-13(18(24)23-20(2,3)4)22-19(25)16-10-5-6-11-17(16)26-15-9-7-8-14(21)12-15/h5-13H,1-4H3,(H,22,25)(H,23,24). The second kappa shape index (κ2) is 8.36. The number of para-hydroxylation sites is 1. The van der Waals surface area contributed by atoms with Crippen LogP contribution in [-0.2, 0) is 4.79 Å². The van der Waals surface area contributed by atoms with Crippen LogP contribution in [0.5, 0.6) is 11.5 Å². The van der Waals surface area contributed by atoms with Gasteiger partial charge in [0.15, 0.2) is 0 Å². The van der Waals surface area contributed by atoms with Crippen LogP contribution < -0.4 is 15.4 Å². The van der Waals surface area contributed by atoms with Crippen LogP contribution in [0.3, 0.4) is 0 Å².